The van der Waals surface area contributed by atoms with E-state index in [1.54, 1.807) is 12.0 Å². The fraction of sp³-hybridized carbons (Fsp3) is 0.679. The molecule has 0 bridgehead atoms. The van der Waals surface area contributed by atoms with Crippen LogP contribution in [0.5, 0.6) is 0 Å². The number of ether oxygens (including phenoxy) is 2. The van der Waals surface area contributed by atoms with E-state index in [9.17, 15) is 14.4 Å². The molecule has 3 saturated heterocycles. The average molecular weight is 619 g/mol. The minimum atomic E-state index is -0.728. The van der Waals surface area contributed by atoms with Crippen molar-refractivity contribution in [1.82, 2.24) is 15.1 Å². The highest BCUT2D eigenvalue weighted by atomic mass is 32.1. The second-order valence-corrected chi connectivity index (χ2v) is 10.5. The van der Waals surface area contributed by atoms with Crippen LogP contribution in [0.3, 0.4) is 0 Å². The number of carbonyl (C=O) groups excluding carboxylic acids is 3. The molecule has 1 aromatic rings. The number of hydrogen-bond acceptors (Lipinski definition) is 7. The van der Waals surface area contributed by atoms with Crippen LogP contribution in [0, 0.1) is 5.92 Å². The van der Waals surface area contributed by atoms with E-state index in [1.807, 2.05) is 38.1 Å². The van der Waals surface area contributed by atoms with E-state index >= 15 is 0 Å². The summed E-state index contributed by atoms with van der Waals surface area (Å²) in [4.78, 5) is 45.6. The van der Waals surface area contributed by atoms with Crippen LogP contribution in [0.1, 0.15) is 51.4 Å². The van der Waals surface area contributed by atoms with Crippen molar-refractivity contribution in [2.75, 3.05) is 57.9 Å². The van der Waals surface area contributed by atoms with Gasteiger partial charge in [-0.05, 0) is 49.6 Å². The second kappa shape index (κ2) is 17.5. The zero-order chi connectivity index (χ0) is 25.8. The Kier molecular flexibility index (Phi) is 16.9. The predicted octanol–water partition coefficient (Wildman–Crippen LogP) is 2.53. The fourth-order valence-corrected chi connectivity index (χ4v) is 5.55. The quantitative estimate of drug-likeness (QED) is 0.455. The van der Waals surface area contributed by atoms with Gasteiger partial charge in [0.1, 0.15) is 30.9 Å². The molecular formula is C28H50N4O5S3. The SMILES string of the molecule is C.CCCN1CCN(c2ccc(C(=O)N[C@@H](CC(C)C)C(=O)N3C[C@@H](OC)[C@H]4OCC(=O)[C@H]43)cc2)CC1.S.S.S. The van der Waals surface area contributed by atoms with Gasteiger partial charge in [0.15, 0.2) is 5.78 Å². The van der Waals surface area contributed by atoms with E-state index in [2.05, 4.69) is 22.0 Å². The molecule has 0 aliphatic carbocycles. The Hall–Kier alpha value is -1.44. The highest BCUT2D eigenvalue weighted by Gasteiger charge is 2.53. The molecule has 0 unspecified atom stereocenters. The van der Waals surface area contributed by atoms with Crippen molar-refractivity contribution in [3.8, 4) is 0 Å². The molecule has 3 fully saturated rings. The lowest BCUT2D eigenvalue weighted by Gasteiger charge is -2.36. The van der Waals surface area contributed by atoms with Crippen LogP contribution in [0.4, 0.5) is 5.69 Å². The molecule has 40 heavy (non-hydrogen) atoms. The van der Waals surface area contributed by atoms with Crippen LogP contribution < -0.4 is 10.2 Å². The first-order valence-electron chi connectivity index (χ1n) is 13.2. The highest BCUT2D eigenvalue weighted by molar-refractivity contribution is 7.59. The van der Waals surface area contributed by atoms with Crippen molar-refractivity contribution in [3.05, 3.63) is 29.8 Å². The number of anilines is 1. The third-order valence-electron chi connectivity index (χ3n) is 7.44. The van der Waals surface area contributed by atoms with Gasteiger partial charge >= 0.3 is 0 Å². The van der Waals surface area contributed by atoms with Crippen LogP contribution in [-0.2, 0) is 19.1 Å². The maximum Gasteiger partial charge on any atom is 0.251 e. The molecule has 3 heterocycles. The number of amides is 2. The van der Waals surface area contributed by atoms with E-state index < -0.39 is 18.2 Å². The fourth-order valence-electron chi connectivity index (χ4n) is 5.55. The molecule has 4 rings (SSSR count). The van der Waals surface area contributed by atoms with E-state index in [0.29, 0.717) is 12.0 Å². The van der Waals surface area contributed by atoms with Gasteiger partial charge in [0.05, 0.1) is 6.54 Å². The van der Waals surface area contributed by atoms with Crippen molar-refractivity contribution in [1.29, 1.82) is 0 Å². The molecule has 3 aliphatic heterocycles. The number of rotatable bonds is 9. The summed E-state index contributed by atoms with van der Waals surface area (Å²) >= 11 is 0. The lowest BCUT2D eigenvalue weighted by Crippen LogP contribution is -2.52. The monoisotopic (exact) mass is 618 g/mol. The van der Waals surface area contributed by atoms with Gasteiger partial charge in [-0.3, -0.25) is 19.3 Å². The van der Waals surface area contributed by atoms with Crippen LogP contribution in [0.15, 0.2) is 24.3 Å². The number of nitrogens with one attached hydrogen (secondary N) is 1. The third kappa shape index (κ3) is 8.78. The molecule has 2 amide bonds. The number of benzene rings is 1. The molecule has 9 nitrogen and oxygen atoms in total. The van der Waals surface area contributed by atoms with Gasteiger partial charge in [-0.1, -0.05) is 28.2 Å². The van der Waals surface area contributed by atoms with Gasteiger partial charge in [-0.15, -0.1) is 0 Å². The Labute approximate surface area is 261 Å². The third-order valence-corrected chi connectivity index (χ3v) is 7.44. The number of fused-ring (bicyclic) bond motifs is 1. The first kappa shape index (κ1) is 38.6. The molecule has 0 radical (unpaired) electrons. The molecule has 1 N–H and O–H groups in total. The number of carbonyl (C=O) groups is 3. The molecule has 1 aromatic carbocycles. The number of Topliss-reactive ketones (excluding diaryl/α,β-unsaturated/α-hetero) is 1. The number of nitrogens with zero attached hydrogens (tertiary/aromatic N) is 3. The van der Waals surface area contributed by atoms with Crippen molar-refractivity contribution in [2.45, 2.75) is 65.3 Å². The lowest BCUT2D eigenvalue weighted by molar-refractivity contribution is -0.138. The van der Waals surface area contributed by atoms with E-state index in [1.165, 1.54) is 6.42 Å². The van der Waals surface area contributed by atoms with E-state index in [0.717, 1.165) is 38.4 Å². The van der Waals surface area contributed by atoms with Crippen LogP contribution in [0.2, 0.25) is 0 Å². The minimum Gasteiger partial charge on any atom is -0.377 e. The van der Waals surface area contributed by atoms with Crippen molar-refractivity contribution in [2.24, 2.45) is 5.92 Å². The summed E-state index contributed by atoms with van der Waals surface area (Å²) in [6.07, 6.45) is 0.848. The standard InChI is InChI=1S/C27H40N4O5.CH4.3H2S/c1-5-10-29-11-13-30(14-12-29)20-8-6-19(7-9-20)26(33)28-21(15-18(2)3)27(34)31-16-23(35-4)25-24(31)22(32)17-36-25;;;;/h6-9,18,21,23-25H,5,10-17H2,1-4H3,(H,28,33);1H4;3*1H2/t21-,23+,24+,25+;;;;/m0..../s1. The van der Waals surface area contributed by atoms with Crippen LogP contribution >= 0.6 is 40.5 Å². The normalized spacial score (nSPS) is 22.8. The summed E-state index contributed by atoms with van der Waals surface area (Å²) in [5.74, 6) is -0.484. The zero-order valence-corrected chi connectivity index (χ0v) is 26.4. The molecule has 0 aromatic heterocycles. The summed E-state index contributed by atoms with van der Waals surface area (Å²) in [6.45, 7) is 11.7. The van der Waals surface area contributed by atoms with Gasteiger partial charge in [0.2, 0.25) is 5.91 Å². The maximum atomic E-state index is 13.6. The van der Waals surface area contributed by atoms with Gasteiger partial charge in [0, 0.05) is 44.5 Å². The first-order chi connectivity index (χ1) is 17.3. The Balaban J connectivity index is 0.00000380. The molecule has 0 spiro atoms. The van der Waals surface area contributed by atoms with Crippen LogP contribution in [0.25, 0.3) is 0 Å². The molecular weight excluding hydrogens is 569 g/mol. The van der Waals surface area contributed by atoms with Crippen molar-refractivity contribution in [3.63, 3.8) is 0 Å². The van der Waals surface area contributed by atoms with Gasteiger partial charge in [-0.25, -0.2) is 0 Å². The summed E-state index contributed by atoms with van der Waals surface area (Å²) in [5.41, 5.74) is 1.62. The van der Waals surface area contributed by atoms with Gasteiger partial charge in [0.25, 0.3) is 5.91 Å². The summed E-state index contributed by atoms with van der Waals surface area (Å²) < 4.78 is 11.1. The maximum absolute atomic E-state index is 13.6. The number of hydrogen-bond donors (Lipinski definition) is 1. The number of ketones is 1. The van der Waals surface area contributed by atoms with Gasteiger partial charge in [-0.2, -0.15) is 40.5 Å². The van der Waals surface area contributed by atoms with E-state index in [-0.39, 0.29) is 90.7 Å². The largest absolute Gasteiger partial charge is 0.377 e. The molecule has 230 valence electrons. The summed E-state index contributed by atoms with van der Waals surface area (Å²) in [5, 5.41) is 2.94. The molecule has 4 atom stereocenters. The lowest BCUT2D eigenvalue weighted by atomic mass is 10.0. The minimum absolute atomic E-state index is 0. The topological polar surface area (TPSA) is 91.4 Å². The highest BCUT2D eigenvalue weighted by Crippen LogP contribution is 2.30. The number of piperazine rings is 1. The Morgan fingerprint density at radius 3 is 2.25 bits per heavy atom. The summed E-state index contributed by atoms with van der Waals surface area (Å²) in [7, 11) is 1.56. The predicted molar refractivity (Wildman–Crippen MR) is 175 cm³/mol. The Morgan fingerprint density at radius 2 is 1.70 bits per heavy atom. The number of likely N-dealkylation sites (tertiary alicyclic amines) is 1. The van der Waals surface area contributed by atoms with Crippen LogP contribution in [-0.4, -0.2) is 105 Å². The molecule has 3 aliphatic rings. The molecule has 0 saturated carbocycles. The first-order valence-corrected chi connectivity index (χ1v) is 13.2. The second-order valence-electron chi connectivity index (χ2n) is 10.5. The average Bonchev–Trinajstić information content (AvgIpc) is 3.44. The number of methoxy groups -OCH3 is 1. The molecule has 12 heteroatoms. The smallest absolute Gasteiger partial charge is 0.251 e. The van der Waals surface area contributed by atoms with Gasteiger partial charge < -0.3 is 24.6 Å². The van der Waals surface area contributed by atoms with E-state index in [4.69, 9.17) is 9.47 Å². The Morgan fingerprint density at radius 1 is 1.07 bits per heavy atom. The Bertz CT molecular complexity index is 944. The summed E-state index contributed by atoms with van der Waals surface area (Å²) in [6, 6.07) is 6.22. The van der Waals surface area contributed by atoms with Crippen molar-refractivity contribution < 1.29 is 23.9 Å². The van der Waals surface area contributed by atoms with Crippen molar-refractivity contribution >= 4 is 63.8 Å². The zero-order valence-electron chi connectivity index (χ0n) is 23.4.